The number of carbonyl (C=O) groups excluding carboxylic acids is 1. The summed E-state index contributed by atoms with van der Waals surface area (Å²) >= 11 is 0. The van der Waals surface area contributed by atoms with Crippen molar-refractivity contribution in [2.75, 3.05) is 7.11 Å². The van der Waals surface area contributed by atoms with Crippen LogP contribution in [0.3, 0.4) is 0 Å². The fourth-order valence-corrected chi connectivity index (χ4v) is 2.11. The van der Waals surface area contributed by atoms with E-state index in [2.05, 4.69) is 10.3 Å². The number of amides is 1. The van der Waals surface area contributed by atoms with Gasteiger partial charge in [0.05, 0.1) is 13.5 Å². The van der Waals surface area contributed by atoms with Crippen molar-refractivity contribution in [3.8, 4) is 5.75 Å². The number of nitrogens with zero attached hydrogens (tertiary/aromatic N) is 1. The Hall–Kier alpha value is -2.36. The van der Waals surface area contributed by atoms with Gasteiger partial charge in [-0.2, -0.15) is 0 Å². The molecule has 0 saturated heterocycles. The van der Waals surface area contributed by atoms with Gasteiger partial charge in [-0.25, -0.2) is 0 Å². The van der Waals surface area contributed by atoms with Crippen molar-refractivity contribution in [3.63, 3.8) is 0 Å². The number of hydrogen-bond acceptors (Lipinski definition) is 3. The Balaban J connectivity index is 2.01. The highest BCUT2D eigenvalue weighted by atomic mass is 16.5. The highest BCUT2D eigenvalue weighted by Crippen LogP contribution is 2.23. The number of aromatic nitrogens is 1. The van der Waals surface area contributed by atoms with Crippen molar-refractivity contribution in [1.29, 1.82) is 0 Å². The zero-order valence-electron chi connectivity index (χ0n) is 12.6. The average Bonchev–Trinajstić information content (AvgIpc) is 2.49. The first-order valence-corrected chi connectivity index (χ1v) is 6.90. The Morgan fingerprint density at radius 3 is 2.52 bits per heavy atom. The van der Waals surface area contributed by atoms with Gasteiger partial charge in [0.15, 0.2) is 0 Å². The van der Waals surface area contributed by atoms with Gasteiger partial charge in [-0.15, -0.1) is 0 Å². The second-order valence-electron chi connectivity index (χ2n) is 5.06. The molecule has 0 unspecified atom stereocenters. The monoisotopic (exact) mass is 284 g/mol. The lowest BCUT2D eigenvalue weighted by atomic mass is 10.0. The molecule has 1 aromatic heterocycles. The van der Waals surface area contributed by atoms with Gasteiger partial charge in [-0.1, -0.05) is 6.07 Å². The molecule has 0 bridgehead atoms. The summed E-state index contributed by atoms with van der Waals surface area (Å²) in [6, 6.07) is 7.76. The third-order valence-electron chi connectivity index (χ3n) is 3.49. The van der Waals surface area contributed by atoms with Gasteiger partial charge in [0, 0.05) is 24.5 Å². The van der Waals surface area contributed by atoms with Crippen LogP contribution in [0.15, 0.2) is 36.7 Å². The standard InChI is InChI=1S/C17H20N2O2/c1-12-8-15(16(21-3)9-13(12)2)10-17(20)19-11-14-4-6-18-7-5-14/h4-9H,10-11H2,1-3H3,(H,19,20). The maximum atomic E-state index is 12.1. The molecule has 2 aromatic rings. The maximum Gasteiger partial charge on any atom is 0.224 e. The lowest BCUT2D eigenvalue weighted by Gasteiger charge is -2.12. The molecule has 110 valence electrons. The fourth-order valence-electron chi connectivity index (χ4n) is 2.11. The summed E-state index contributed by atoms with van der Waals surface area (Å²) in [5.41, 5.74) is 4.26. The minimum Gasteiger partial charge on any atom is -0.496 e. The molecule has 0 radical (unpaired) electrons. The largest absolute Gasteiger partial charge is 0.496 e. The number of ether oxygens (including phenoxy) is 1. The van der Waals surface area contributed by atoms with Crippen LogP contribution in [-0.4, -0.2) is 18.0 Å². The van der Waals surface area contributed by atoms with Crippen molar-refractivity contribution in [2.24, 2.45) is 0 Å². The molecule has 4 heteroatoms. The number of rotatable bonds is 5. The van der Waals surface area contributed by atoms with Crippen molar-refractivity contribution >= 4 is 5.91 Å². The summed E-state index contributed by atoms with van der Waals surface area (Å²) in [5.74, 6) is 0.741. The molecule has 21 heavy (non-hydrogen) atoms. The topological polar surface area (TPSA) is 51.2 Å². The van der Waals surface area contributed by atoms with E-state index in [4.69, 9.17) is 4.74 Å². The predicted octanol–water partition coefficient (Wildman–Crippen LogP) is 2.57. The van der Waals surface area contributed by atoms with Crippen LogP contribution in [0.5, 0.6) is 5.75 Å². The Morgan fingerprint density at radius 1 is 1.19 bits per heavy atom. The molecule has 0 saturated carbocycles. The Kier molecular flexibility index (Phi) is 4.93. The summed E-state index contributed by atoms with van der Waals surface area (Å²) in [5, 5.41) is 2.91. The van der Waals surface area contributed by atoms with Crippen molar-refractivity contribution in [2.45, 2.75) is 26.8 Å². The maximum absolute atomic E-state index is 12.1. The number of pyridine rings is 1. The van der Waals surface area contributed by atoms with Gasteiger partial charge in [-0.3, -0.25) is 9.78 Å². The molecule has 0 aliphatic carbocycles. The molecule has 0 aliphatic heterocycles. The van der Waals surface area contributed by atoms with Crippen LogP contribution in [0.2, 0.25) is 0 Å². The van der Waals surface area contributed by atoms with E-state index in [1.807, 2.05) is 38.1 Å². The van der Waals surface area contributed by atoms with E-state index in [1.165, 1.54) is 0 Å². The van der Waals surface area contributed by atoms with Crippen LogP contribution >= 0.6 is 0 Å². The quantitative estimate of drug-likeness (QED) is 0.918. The van der Waals surface area contributed by atoms with Gasteiger partial charge in [0.2, 0.25) is 5.91 Å². The molecular weight excluding hydrogens is 264 g/mol. The number of hydrogen-bond donors (Lipinski definition) is 1. The molecule has 1 amide bonds. The molecule has 0 spiro atoms. The summed E-state index contributed by atoms with van der Waals surface area (Å²) in [7, 11) is 1.63. The van der Waals surface area contributed by atoms with Crippen LogP contribution in [0.1, 0.15) is 22.3 Å². The normalized spacial score (nSPS) is 10.2. The van der Waals surface area contributed by atoms with Gasteiger partial charge in [-0.05, 0) is 48.7 Å². The first-order valence-electron chi connectivity index (χ1n) is 6.90. The number of aryl methyl sites for hydroxylation is 2. The van der Waals surface area contributed by atoms with E-state index < -0.39 is 0 Å². The van der Waals surface area contributed by atoms with E-state index in [-0.39, 0.29) is 5.91 Å². The first kappa shape index (κ1) is 15.0. The van der Waals surface area contributed by atoms with Crippen LogP contribution in [0.4, 0.5) is 0 Å². The minimum absolute atomic E-state index is 0.0200. The predicted molar refractivity (Wildman–Crippen MR) is 82.3 cm³/mol. The van der Waals surface area contributed by atoms with Gasteiger partial charge in [0.25, 0.3) is 0 Å². The van der Waals surface area contributed by atoms with Gasteiger partial charge < -0.3 is 10.1 Å². The molecule has 0 fully saturated rings. The molecule has 0 aliphatic rings. The molecule has 1 N–H and O–H groups in total. The molecule has 1 aromatic carbocycles. The summed E-state index contributed by atoms with van der Waals surface area (Å²) in [4.78, 5) is 16.0. The second kappa shape index (κ2) is 6.88. The molecule has 2 rings (SSSR count). The highest BCUT2D eigenvalue weighted by Gasteiger charge is 2.10. The second-order valence-corrected chi connectivity index (χ2v) is 5.06. The van der Waals surface area contributed by atoms with Crippen LogP contribution in [0.25, 0.3) is 0 Å². The molecule has 1 heterocycles. The van der Waals surface area contributed by atoms with Crippen molar-refractivity contribution in [3.05, 3.63) is 58.9 Å². The number of nitrogens with one attached hydrogen (secondary N) is 1. The van der Waals surface area contributed by atoms with E-state index in [0.717, 1.165) is 28.0 Å². The lowest BCUT2D eigenvalue weighted by Crippen LogP contribution is -2.24. The third kappa shape index (κ3) is 4.05. The third-order valence-corrected chi connectivity index (χ3v) is 3.49. The van der Waals surface area contributed by atoms with E-state index in [0.29, 0.717) is 13.0 Å². The SMILES string of the molecule is COc1cc(C)c(C)cc1CC(=O)NCc1ccncc1. The smallest absolute Gasteiger partial charge is 0.224 e. The van der Waals surface area contributed by atoms with E-state index in [9.17, 15) is 4.79 Å². The zero-order valence-corrected chi connectivity index (χ0v) is 12.6. The fraction of sp³-hybridized carbons (Fsp3) is 0.294. The zero-order chi connectivity index (χ0) is 15.2. The van der Waals surface area contributed by atoms with Crippen molar-refractivity contribution in [1.82, 2.24) is 10.3 Å². The van der Waals surface area contributed by atoms with Gasteiger partial charge >= 0.3 is 0 Å². The number of benzene rings is 1. The summed E-state index contributed by atoms with van der Waals surface area (Å²) in [6.07, 6.45) is 3.75. The summed E-state index contributed by atoms with van der Waals surface area (Å²) in [6.45, 7) is 4.58. The highest BCUT2D eigenvalue weighted by molar-refractivity contribution is 5.79. The Labute approximate surface area is 125 Å². The minimum atomic E-state index is -0.0200. The first-order chi connectivity index (χ1) is 10.1. The van der Waals surface area contributed by atoms with Gasteiger partial charge in [0.1, 0.15) is 5.75 Å². The Bertz CT molecular complexity index is 624. The Morgan fingerprint density at radius 2 is 1.86 bits per heavy atom. The van der Waals surface area contributed by atoms with Crippen molar-refractivity contribution < 1.29 is 9.53 Å². The lowest BCUT2D eigenvalue weighted by molar-refractivity contribution is -0.120. The molecule has 4 nitrogen and oxygen atoms in total. The van der Waals surface area contributed by atoms with Crippen LogP contribution in [-0.2, 0) is 17.8 Å². The van der Waals surface area contributed by atoms with Crippen LogP contribution < -0.4 is 10.1 Å². The van der Waals surface area contributed by atoms with E-state index in [1.54, 1.807) is 19.5 Å². The number of methoxy groups -OCH3 is 1. The number of carbonyl (C=O) groups is 1. The molecule has 0 atom stereocenters. The summed E-state index contributed by atoms with van der Waals surface area (Å²) < 4.78 is 5.36. The van der Waals surface area contributed by atoms with Crippen LogP contribution in [0, 0.1) is 13.8 Å². The van der Waals surface area contributed by atoms with E-state index >= 15 is 0 Å². The molecular formula is C17H20N2O2. The average molecular weight is 284 g/mol.